The van der Waals surface area contributed by atoms with Crippen molar-refractivity contribution in [1.82, 2.24) is 15.5 Å². The number of benzene rings is 1. The maximum atomic E-state index is 12.3. The minimum atomic E-state index is -0.971. The number of carboxylic acids is 1. The van der Waals surface area contributed by atoms with Crippen LogP contribution in [0.2, 0.25) is 0 Å². The van der Waals surface area contributed by atoms with Gasteiger partial charge in [0, 0.05) is 12.8 Å². The molecule has 0 bridgehead atoms. The van der Waals surface area contributed by atoms with Gasteiger partial charge in [0.05, 0.1) is 17.3 Å². The summed E-state index contributed by atoms with van der Waals surface area (Å²) in [6.07, 6.45) is 0.242. The molecule has 0 spiro atoms. The van der Waals surface area contributed by atoms with Gasteiger partial charge in [0.2, 0.25) is 17.6 Å². The SMILES string of the molecule is Cc1ccccc1C(CC(=O)O)NC(=O)CCc1nc(-c2cccs2)no1. The molecule has 27 heavy (non-hydrogen) atoms. The first-order valence-corrected chi connectivity index (χ1v) is 9.34. The lowest BCUT2D eigenvalue weighted by Gasteiger charge is -2.19. The average Bonchev–Trinajstić information content (AvgIpc) is 3.31. The van der Waals surface area contributed by atoms with E-state index in [-0.39, 0.29) is 25.2 Å². The summed E-state index contributed by atoms with van der Waals surface area (Å²) in [7, 11) is 0. The van der Waals surface area contributed by atoms with Crippen LogP contribution in [0.3, 0.4) is 0 Å². The molecule has 3 rings (SSSR count). The van der Waals surface area contributed by atoms with Crippen molar-refractivity contribution >= 4 is 23.2 Å². The van der Waals surface area contributed by atoms with Crippen LogP contribution in [0.25, 0.3) is 10.7 Å². The molecule has 1 amide bonds. The van der Waals surface area contributed by atoms with Crippen LogP contribution in [0.4, 0.5) is 0 Å². The van der Waals surface area contributed by atoms with Crippen LogP contribution >= 0.6 is 11.3 Å². The molecule has 140 valence electrons. The molecule has 2 aromatic heterocycles. The van der Waals surface area contributed by atoms with Crippen molar-refractivity contribution in [3.63, 3.8) is 0 Å². The standard InChI is InChI=1S/C19H19N3O4S/c1-12-5-2-3-6-13(12)14(11-18(24)25)20-16(23)8-9-17-21-19(22-26-17)15-7-4-10-27-15/h2-7,10,14H,8-9,11H2,1H3,(H,20,23)(H,24,25). The molecule has 0 aliphatic heterocycles. The van der Waals surface area contributed by atoms with Crippen molar-refractivity contribution in [1.29, 1.82) is 0 Å². The highest BCUT2D eigenvalue weighted by Crippen LogP contribution is 2.22. The normalized spacial score (nSPS) is 11.9. The number of aryl methyl sites for hydroxylation is 2. The molecule has 2 N–H and O–H groups in total. The maximum absolute atomic E-state index is 12.3. The number of aromatic nitrogens is 2. The lowest BCUT2D eigenvalue weighted by molar-refractivity contribution is -0.137. The van der Waals surface area contributed by atoms with Crippen LogP contribution in [0.1, 0.15) is 35.9 Å². The van der Waals surface area contributed by atoms with Gasteiger partial charge in [0.25, 0.3) is 0 Å². The van der Waals surface area contributed by atoms with Gasteiger partial charge in [-0.05, 0) is 29.5 Å². The molecule has 7 nitrogen and oxygen atoms in total. The van der Waals surface area contributed by atoms with Crippen LogP contribution in [0.5, 0.6) is 0 Å². The molecule has 0 aliphatic rings. The fourth-order valence-corrected chi connectivity index (χ4v) is 3.39. The van der Waals surface area contributed by atoms with Crippen molar-refractivity contribution in [2.24, 2.45) is 0 Å². The topological polar surface area (TPSA) is 105 Å². The Kier molecular flexibility index (Phi) is 5.97. The highest BCUT2D eigenvalue weighted by Gasteiger charge is 2.20. The summed E-state index contributed by atoms with van der Waals surface area (Å²) < 4.78 is 5.18. The van der Waals surface area contributed by atoms with E-state index in [2.05, 4.69) is 15.5 Å². The third kappa shape index (κ3) is 5.01. The van der Waals surface area contributed by atoms with Crippen LogP contribution in [0.15, 0.2) is 46.3 Å². The number of amides is 1. The molecule has 2 heterocycles. The Hall–Kier alpha value is -3.00. The summed E-state index contributed by atoms with van der Waals surface area (Å²) in [5, 5.41) is 17.8. The van der Waals surface area contributed by atoms with Gasteiger partial charge >= 0.3 is 5.97 Å². The minimum absolute atomic E-state index is 0.133. The van der Waals surface area contributed by atoms with Crippen molar-refractivity contribution in [3.05, 3.63) is 58.8 Å². The largest absolute Gasteiger partial charge is 0.481 e. The summed E-state index contributed by atoms with van der Waals surface area (Å²) in [5.41, 5.74) is 1.73. The number of nitrogens with zero attached hydrogens (tertiary/aromatic N) is 2. The first kappa shape index (κ1) is 18.8. The number of carbonyl (C=O) groups excluding carboxylic acids is 1. The summed E-state index contributed by atoms with van der Waals surface area (Å²) in [5.74, 6) is -0.357. The van der Waals surface area contributed by atoms with E-state index in [4.69, 9.17) is 9.63 Å². The average molecular weight is 385 g/mol. The number of hydrogen-bond donors (Lipinski definition) is 2. The van der Waals surface area contributed by atoms with E-state index >= 15 is 0 Å². The third-order valence-electron chi connectivity index (χ3n) is 4.05. The number of carboxylic acid groups (broad SMARTS) is 1. The lowest BCUT2D eigenvalue weighted by atomic mass is 9.98. The molecule has 0 saturated carbocycles. The first-order valence-electron chi connectivity index (χ1n) is 8.46. The Morgan fingerprint density at radius 1 is 1.26 bits per heavy atom. The van der Waals surface area contributed by atoms with Gasteiger partial charge in [-0.15, -0.1) is 11.3 Å². The van der Waals surface area contributed by atoms with Gasteiger partial charge in [0.1, 0.15) is 0 Å². The summed E-state index contributed by atoms with van der Waals surface area (Å²) in [6, 6.07) is 10.6. The van der Waals surface area contributed by atoms with E-state index in [1.165, 1.54) is 11.3 Å². The molecule has 0 fully saturated rings. The van der Waals surface area contributed by atoms with Gasteiger partial charge in [-0.2, -0.15) is 4.98 Å². The molecule has 1 atom stereocenters. The fourth-order valence-electron chi connectivity index (χ4n) is 2.74. The predicted molar refractivity (Wildman–Crippen MR) is 100 cm³/mol. The Bertz CT molecular complexity index is 921. The number of thiophene rings is 1. The van der Waals surface area contributed by atoms with E-state index in [0.29, 0.717) is 11.7 Å². The van der Waals surface area contributed by atoms with Crippen LogP contribution in [0, 0.1) is 6.92 Å². The number of carbonyl (C=O) groups is 2. The molecule has 8 heteroatoms. The molecule has 0 radical (unpaired) electrons. The highest BCUT2D eigenvalue weighted by atomic mass is 32.1. The molecule has 0 aliphatic carbocycles. The van der Waals surface area contributed by atoms with Crippen LogP contribution in [-0.4, -0.2) is 27.1 Å². The van der Waals surface area contributed by atoms with Gasteiger partial charge in [-0.25, -0.2) is 0 Å². The zero-order valence-electron chi connectivity index (χ0n) is 14.7. The molecular formula is C19H19N3O4S. The second-order valence-corrected chi connectivity index (χ2v) is 7.01. The number of nitrogens with one attached hydrogen (secondary N) is 1. The van der Waals surface area contributed by atoms with Gasteiger partial charge < -0.3 is 14.9 Å². The van der Waals surface area contributed by atoms with Crippen molar-refractivity contribution in [3.8, 4) is 10.7 Å². The summed E-state index contributed by atoms with van der Waals surface area (Å²) in [6.45, 7) is 1.89. The number of aliphatic carboxylic acids is 1. The Labute approximate surface area is 160 Å². The lowest BCUT2D eigenvalue weighted by Crippen LogP contribution is -2.30. The highest BCUT2D eigenvalue weighted by molar-refractivity contribution is 7.13. The van der Waals surface area contributed by atoms with E-state index in [0.717, 1.165) is 16.0 Å². The first-order chi connectivity index (χ1) is 13.0. The summed E-state index contributed by atoms with van der Waals surface area (Å²) in [4.78, 5) is 28.7. The second kappa shape index (κ2) is 8.59. The van der Waals surface area contributed by atoms with Gasteiger partial charge in [-0.1, -0.05) is 35.5 Å². The van der Waals surface area contributed by atoms with Gasteiger partial charge in [-0.3, -0.25) is 9.59 Å². The van der Waals surface area contributed by atoms with E-state index in [9.17, 15) is 9.59 Å². The van der Waals surface area contributed by atoms with Crippen molar-refractivity contribution < 1.29 is 19.2 Å². The second-order valence-electron chi connectivity index (χ2n) is 6.06. The Balaban J connectivity index is 1.61. The monoisotopic (exact) mass is 385 g/mol. The van der Waals surface area contributed by atoms with Gasteiger partial charge in [0.15, 0.2) is 0 Å². The quantitative estimate of drug-likeness (QED) is 0.616. The van der Waals surface area contributed by atoms with Crippen molar-refractivity contribution in [2.45, 2.75) is 32.2 Å². The molecule has 1 unspecified atom stereocenters. The Morgan fingerprint density at radius 3 is 2.78 bits per heavy atom. The molecule has 1 aromatic carbocycles. The number of rotatable bonds is 8. The van der Waals surface area contributed by atoms with Crippen LogP contribution < -0.4 is 5.32 Å². The zero-order chi connectivity index (χ0) is 19.2. The van der Waals surface area contributed by atoms with E-state index in [1.807, 2.05) is 48.7 Å². The molecule has 0 saturated heterocycles. The van der Waals surface area contributed by atoms with Crippen molar-refractivity contribution in [2.75, 3.05) is 0 Å². The minimum Gasteiger partial charge on any atom is -0.481 e. The molecule has 3 aromatic rings. The zero-order valence-corrected chi connectivity index (χ0v) is 15.5. The van der Waals surface area contributed by atoms with Crippen LogP contribution in [-0.2, 0) is 16.0 Å². The number of hydrogen-bond acceptors (Lipinski definition) is 6. The fraction of sp³-hybridized carbons (Fsp3) is 0.263. The predicted octanol–water partition coefficient (Wildman–Crippen LogP) is 3.37. The third-order valence-corrected chi connectivity index (χ3v) is 4.92. The van der Waals surface area contributed by atoms with E-state index < -0.39 is 12.0 Å². The summed E-state index contributed by atoms with van der Waals surface area (Å²) >= 11 is 1.51. The van der Waals surface area contributed by atoms with E-state index in [1.54, 1.807) is 0 Å². The maximum Gasteiger partial charge on any atom is 0.305 e. The Morgan fingerprint density at radius 2 is 2.07 bits per heavy atom. The smallest absolute Gasteiger partial charge is 0.305 e. The molecular weight excluding hydrogens is 366 g/mol.